The summed E-state index contributed by atoms with van der Waals surface area (Å²) in [6.45, 7) is 6.28. The first-order valence-electron chi connectivity index (χ1n) is 7.88. The lowest BCUT2D eigenvalue weighted by molar-refractivity contribution is -0.120. The normalized spacial score (nSPS) is 18.4. The van der Waals surface area contributed by atoms with Crippen molar-refractivity contribution in [1.29, 1.82) is 0 Å². The number of carbonyl (C=O) groups is 1. The van der Waals surface area contributed by atoms with Crippen molar-refractivity contribution in [2.75, 3.05) is 5.32 Å². The molecule has 108 valence electrons. The summed E-state index contributed by atoms with van der Waals surface area (Å²) in [7, 11) is 0. The summed E-state index contributed by atoms with van der Waals surface area (Å²) in [6, 6.07) is 7.21. The quantitative estimate of drug-likeness (QED) is 0.889. The van der Waals surface area contributed by atoms with E-state index in [-0.39, 0.29) is 11.8 Å². The molecule has 1 aliphatic heterocycles. The van der Waals surface area contributed by atoms with Gasteiger partial charge in [0.05, 0.1) is 0 Å². The van der Waals surface area contributed by atoms with Crippen LogP contribution < -0.4 is 5.32 Å². The van der Waals surface area contributed by atoms with Crippen LogP contribution in [0, 0.1) is 5.92 Å². The Morgan fingerprint density at radius 3 is 2.60 bits per heavy atom. The number of fused-ring (bicyclic) bond motifs is 1. The van der Waals surface area contributed by atoms with Crippen LogP contribution in [0.5, 0.6) is 0 Å². The van der Waals surface area contributed by atoms with Gasteiger partial charge in [0, 0.05) is 30.7 Å². The largest absolute Gasteiger partial charge is 0.326 e. The SMILES string of the molecule is CCC(CC)C(=O)Nc1ccc2c(c1)CN(C1CC1)C2. The third-order valence-corrected chi connectivity index (χ3v) is 4.64. The van der Waals surface area contributed by atoms with Crippen LogP contribution >= 0.6 is 0 Å². The lowest BCUT2D eigenvalue weighted by Gasteiger charge is -2.13. The second kappa shape index (κ2) is 5.57. The highest BCUT2D eigenvalue weighted by Gasteiger charge is 2.32. The van der Waals surface area contributed by atoms with Crippen molar-refractivity contribution in [3.8, 4) is 0 Å². The van der Waals surface area contributed by atoms with E-state index >= 15 is 0 Å². The Morgan fingerprint density at radius 1 is 1.25 bits per heavy atom. The number of nitrogens with one attached hydrogen (secondary N) is 1. The standard InChI is InChI=1S/C17H24N2O/c1-3-12(4-2)17(20)18-15-6-5-13-10-19(16-7-8-16)11-14(13)9-15/h5-6,9,12,16H,3-4,7-8,10-11H2,1-2H3,(H,18,20). The number of rotatable bonds is 5. The van der Waals surface area contributed by atoms with Crippen molar-refractivity contribution in [2.45, 2.75) is 58.7 Å². The molecular formula is C17H24N2O. The second-order valence-corrected chi connectivity index (χ2v) is 6.12. The number of nitrogens with zero attached hydrogens (tertiary/aromatic N) is 1. The van der Waals surface area contributed by atoms with Crippen LogP contribution in [0.15, 0.2) is 18.2 Å². The Balaban J connectivity index is 1.67. The first kappa shape index (κ1) is 13.6. The van der Waals surface area contributed by atoms with Crippen LogP contribution in [0.3, 0.4) is 0 Å². The average Bonchev–Trinajstić information content (AvgIpc) is 3.20. The van der Waals surface area contributed by atoms with Gasteiger partial charge in [-0.05, 0) is 48.9 Å². The number of benzene rings is 1. The maximum absolute atomic E-state index is 12.1. The fourth-order valence-corrected chi connectivity index (χ4v) is 3.10. The number of amides is 1. The van der Waals surface area contributed by atoms with E-state index in [4.69, 9.17) is 0 Å². The zero-order chi connectivity index (χ0) is 14.1. The topological polar surface area (TPSA) is 32.3 Å². The summed E-state index contributed by atoms with van der Waals surface area (Å²) < 4.78 is 0. The van der Waals surface area contributed by atoms with Crippen LogP contribution in [0.25, 0.3) is 0 Å². The van der Waals surface area contributed by atoms with E-state index in [9.17, 15) is 4.79 Å². The fourth-order valence-electron chi connectivity index (χ4n) is 3.10. The lowest BCUT2D eigenvalue weighted by atomic mass is 10.0. The van der Waals surface area contributed by atoms with Gasteiger partial charge in [-0.25, -0.2) is 0 Å². The summed E-state index contributed by atoms with van der Waals surface area (Å²) in [4.78, 5) is 14.7. The summed E-state index contributed by atoms with van der Waals surface area (Å²) in [5.41, 5.74) is 3.77. The van der Waals surface area contributed by atoms with Gasteiger partial charge in [0.25, 0.3) is 0 Å². The van der Waals surface area contributed by atoms with E-state index < -0.39 is 0 Å². The van der Waals surface area contributed by atoms with Gasteiger partial charge in [-0.2, -0.15) is 0 Å². The lowest BCUT2D eigenvalue weighted by Crippen LogP contribution is -2.21. The number of carbonyl (C=O) groups excluding carboxylic acids is 1. The summed E-state index contributed by atoms with van der Waals surface area (Å²) >= 11 is 0. The minimum absolute atomic E-state index is 0.131. The minimum atomic E-state index is 0.131. The van der Waals surface area contributed by atoms with Crippen molar-refractivity contribution in [2.24, 2.45) is 5.92 Å². The summed E-state index contributed by atoms with van der Waals surface area (Å²) in [5, 5.41) is 3.08. The van der Waals surface area contributed by atoms with Gasteiger partial charge in [0.2, 0.25) is 5.91 Å². The number of hydrogen-bond acceptors (Lipinski definition) is 2. The first-order chi connectivity index (χ1) is 9.71. The van der Waals surface area contributed by atoms with Crippen molar-refractivity contribution in [1.82, 2.24) is 4.90 Å². The Labute approximate surface area is 121 Å². The molecule has 1 N–H and O–H groups in total. The van der Waals surface area contributed by atoms with E-state index in [1.165, 1.54) is 24.0 Å². The van der Waals surface area contributed by atoms with Gasteiger partial charge in [-0.15, -0.1) is 0 Å². The molecular weight excluding hydrogens is 248 g/mol. The molecule has 0 aromatic heterocycles. The van der Waals surface area contributed by atoms with Crippen LogP contribution in [-0.2, 0) is 17.9 Å². The second-order valence-electron chi connectivity index (χ2n) is 6.12. The molecule has 0 spiro atoms. The third-order valence-electron chi connectivity index (χ3n) is 4.64. The molecule has 0 bridgehead atoms. The van der Waals surface area contributed by atoms with Gasteiger partial charge >= 0.3 is 0 Å². The predicted octanol–water partition coefficient (Wildman–Crippen LogP) is 3.54. The van der Waals surface area contributed by atoms with Crippen LogP contribution in [0.2, 0.25) is 0 Å². The smallest absolute Gasteiger partial charge is 0.227 e. The maximum atomic E-state index is 12.1. The molecule has 2 aliphatic rings. The molecule has 0 unspecified atom stereocenters. The molecule has 1 amide bonds. The molecule has 20 heavy (non-hydrogen) atoms. The van der Waals surface area contributed by atoms with Gasteiger partial charge < -0.3 is 5.32 Å². The van der Waals surface area contributed by atoms with Gasteiger partial charge in [0.1, 0.15) is 0 Å². The van der Waals surface area contributed by atoms with E-state index in [1.807, 2.05) is 0 Å². The summed E-state index contributed by atoms with van der Waals surface area (Å²) in [5.74, 6) is 0.290. The Kier molecular flexibility index (Phi) is 3.79. The Hall–Kier alpha value is -1.35. The predicted molar refractivity (Wildman–Crippen MR) is 81.4 cm³/mol. The molecule has 1 saturated carbocycles. The maximum Gasteiger partial charge on any atom is 0.227 e. The minimum Gasteiger partial charge on any atom is -0.326 e. The first-order valence-corrected chi connectivity index (χ1v) is 7.88. The van der Waals surface area contributed by atoms with E-state index in [0.29, 0.717) is 0 Å². The van der Waals surface area contributed by atoms with Crippen LogP contribution in [0.4, 0.5) is 5.69 Å². The van der Waals surface area contributed by atoms with Crippen molar-refractivity contribution >= 4 is 11.6 Å². The van der Waals surface area contributed by atoms with Crippen LogP contribution in [-0.4, -0.2) is 16.8 Å². The summed E-state index contributed by atoms with van der Waals surface area (Å²) in [6.07, 6.45) is 4.52. The number of hydrogen-bond donors (Lipinski definition) is 1. The Bertz CT molecular complexity index is 504. The van der Waals surface area contributed by atoms with Crippen molar-refractivity contribution < 1.29 is 4.79 Å². The van der Waals surface area contributed by atoms with Crippen LogP contribution in [0.1, 0.15) is 50.7 Å². The van der Waals surface area contributed by atoms with E-state index in [1.54, 1.807) is 0 Å². The molecule has 3 rings (SSSR count). The third kappa shape index (κ3) is 2.73. The fraction of sp³-hybridized carbons (Fsp3) is 0.588. The van der Waals surface area contributed by atoms with Crippen molar-refractivity contribution in [3.05, 3.63) is 29.3 Å². The molecule has 0 saturated heterocycles. The van der Waals surface area contributed by atoms with Gasteiger partial charge in [-0.1, -0.05) is 19.9 Å². The molecule has 1 aromatic carbocycles. The van der Waals surface area contributed by atoms with Crippen molar-refractivity contribution in [3.63, 3.8) is 0 Å². The average molecular weight is 272 g/mol. The monoisotopic (exact) mass is 272 g/mol. The van der Waals surface area contributed by atoms with E-state index in [2.05, 4.69) is 42.3 Å². The van der Waals surface area contributed by atoms with Gasteiger partial charge in [-0.3, -0.25) is 9.69 Å². The Morgan fingerprint density at radius 2 is 1.95 bits per heavy atom. The molecule has 1 heterocycles. The van der Waals surface area contributed by atoms with Gasteiger partial charge in [0.15, 0.2) is 0 Å². The highest BCUT2D eigenvalue weighted by molar-refractivity contribution is 5.92. The zero-order valence-electron chi connectivity index (χ0n) is 12.5. The molecule has 1 aromatic rings. The van der Waals surface area contributed by atoms with E-state index in [0.717, 1.165) is 37.7 Å². The molecule has 1 fully saturated rings. The molecule has 0 atom stereocenters. The molecule has 0 radical (unpaired) electrons. The highest BCUT2D eigenvalue weighted by Crippen LogP contribution is 2.35. The highest BCUT2D eigenvalue weighted by atomic mass is 16.1. The number of anilines is 1. The molecule has 3 heteroatoms. The molecule has 3 nitrogen and oxygen atoms in total. The molecule has 1 aliphatic carbocycles. The zero-order valence-corrected chi connectivity index (χ0v) is 12.5.